The van der Waals surface area contributed by atoms with Crippen LogP contribution in [0.2, 0.25) is 0 Å². The van der Waals surface area contributed by atoms with E-state index in [0.717, 1.165) is 25.9 Å². The lowest BCUT2D eigenvalue weighted by Gasteiger charge is -2.23. The largest absolute Gasteiger partial charge is 0.504 e. The van der Waals surface area contributed by atoms with E-state index in [4.69, 9.17) is 5.11 Å². The second-order valence-electron chi connectivity index (χ2n) is 4.32. The minimum Gasteiger partial charge on any atom is -0.504 e. The highest BCUT2D eigenvalue weighted by Crippen LogP contribution is 2.31. The molecule has 3 N–H and O–H groups in total. The molecule has 16 heavy (non-hydrogen) atoms. The van der Waals surface area contributed by atoms with Crippen LogP contribution in [-0.4, -0.2) is 23.3 Å². The van der Waals surface area contributed by atoms with E-state index < -0.39 is 17.3 Å². The van der Waals surface area contributed by atoms with Crippen LogP contribution >= 0.6 is 0 Å². The van der Waals surface area contributed by atoms with Crippen molar-refractivity contribution < 1.29 is 14.6 Å². The molecule has 0 bridgehead atoms. The molecule has 1 saturated heterocycles. The summed E-state index contributed by atoms with van der Waals surface area (Å²) >= 11 is 0. The number of aromatic hydroxyl groups is 2. The monoisotopic (exact) mass is 225 g/mol. The Bertz CT molecular complexity index is 376. The molecule has 1 aliphatic rings. The molecule has 1 unspecified atom stereocenters. The van der Waals surface area contributed by atoms with Gasteiger partial charge in [0.05, 0.1) is 0 Å². The summed E-state index contributed by atoms with van der Waals surface area (Å²) in [5.41, 5.74) is 0.476. The standard InChI is InChI=1S/C12H16FNO2/c13-11-9(3-4-10(15)12(11)16)6-8-2-1-5-14-7-8/h3-4,8,14-16H,1-2,5-7H2. The quantitative estimate of drug-likeness (QED) is 0.672. The minimum atomic E-state index is -0.689. The van der Waals surface area contributed by atoms with Crippen LogP contribution in [0.15, 0.2) is 12.1 Å². The van der Waals surface area contributed by atoms with Crippen molar-refractivity contribution in [3.05, 3.63) is 23.5 Å². The van der Waals surface area contributed by atoms with Crippen LogP contribution in [-0.2, 0) is 6.42 Å². The maximum Gasteiger partial charge on any atom is 0.194 e. The van der Waals surface area contributed by atoms with Gasteiger partial charge in [-0.3, -0.25) is 0 Å². The molecule has 1 atom stereocenters. The van der Waals surface area contributed by atoms with Crippen LogP contribution in [0.5, 0.6) is 11.5 Å². The topological polar surface area (TPSA) is 52.5 Å². The van der Waals surface area contributed by atoms with Gasteiger partial charge in [0.2, 0.25) is 0 Å². The summed E-state index contributed by atoms with van der Waals surface area (Å²) in [5.74, 6) is -1.32. The third-order valence-corrected chi connectivity index (χ3v) is 3.08. The average molecular weight is 225 g/mol. The van der Waals surface area contributed by atoms with E-state index in [2.05, 4.69) is 5.32 Å². The number of hydrogen-bond donors (Lipinski definition) is 3. The molecule has 88 valence electrons. The zero-order chi connectivity index (χ0) is 11.5. The smallest absolute Gasteiger partial charge is 0.194 e. The summed E-state index contributed by atoms with van der Waals surface area (Å²) in [7, 11) is 0. The molecule has 2 rings (SSSR count). The third kappa shape index (κ3) is 2.27. The lowest BCUT2D eigenvalue weighted by atomic mass is 9.92. The number of piperidine rings is 1. The van der Waals surface area contributed by atoms with Gasteiger partial charge < -0.3 is 15.5 Å². The Morgan fingerprint density at radius 1 is 1.38 bits per heavy atom. The van der Waals surface area contributed by atoms with Crippen molar-refractivity contribution >= 4 is 0 Å². The summed E-state index contributed by atoms with van der Waals surface area (Å²) in [4.78, 5) is 0. The Balaban J connectivity index is 2.11. The van der Waals surface area contributed by atoms with Gasteiger partial charge in [-0.1, -0.05) is 6.07 Å². The summed E-state index contributed by atoms with van der Waals surface area (Å²) in [6.07, 6.45) is 2.79. The van der Waals surface area contributed by atoms with Gasteiger partial charge in [0.1, 0.15) is 0 Å². The van der Waals surface area contributed by atoms with E-state index in [9.17, 15) is 9.50 Å². The number of halogens is 1. The number of phenols is 2. The molecule has 3 nitrogen and oxygen atoms in total. The summed E-state index contributed by atoms with van der Waals surface area (Å²) in [6.45, 7) is 1.92. The third-order valence-electron chi connectivity index (χ3n) is 3.08. The van der Waals surface area contributed by atoms with Crippen LogP contribution in [0.25, 0.3) is 0 Å². The van der Waals surface area contributed by atoms with Crippen molar-refractivity contribution in [1.29, 1.82) is 0 Å². The van der Waals surface area contributed by atoms with E-state index in [1.807, 2.05) is 0 Å². The van der Waals surface area contributed by atoms with Crippen molar-refractivity contribution in [3.63, 3.8) is 0 Å². The zero-order valence-electron chi connectivity index (χ0n) is 9.04. The first-order valence-corrected chi connectivity index (χ1v) is 5.58. The number of hydrogen-bond acceptors (Lipinski definition) is 3. The molecule has 0 saturated carbocycles. The van der Waals surface area contributed by atoms with Crippen LogP contribution in [0, 0.1) is 11.7 Å². The van der Waals surface area contributed by atoms with Crippen molar-refractivity contribution in [1.82, 2.24) is 5.32 Å². The maximum atomic E-state index is 13.6. The Labute approximate surface area is 93.9 Å². The van der Waals surface area contributed by atoms with Gasteiger partial charge in [-0.05, 0) is 49.9 Å². The van der Waals surface area contributed by atoms with E-state index in [-0.39, 0.29) is 0 Å². The average Bonchev–Trinajstić information content (AvgIpc) is 2.31. The van der Waals surface area contributed by atoms with Gasteiger partial charge in [-0.15, -0.1) is 0 Å². The lowest BCUT2D eigenvalue weighted by Crippen LogP contribution is -2.31. The first kappa shape index (κ1) is 11.2. The molecule has 0 radical (unpaired) electrons. The van der Waals surface area contributed by atoms with Crippen LogP contribution in [0.4, 0.5) is 4.39 Å². The van der Waals surface area contributed by atoms with Crippen molar-refractivity contribution in [2.24, 2.45) is 5.92 Å². The van der Waals surface area contributed by atoms with Crippen molar-refractivity contribution in [2.45, 2.75) is 19.3 Å². The number of rotatable bonds is 2. The second kappa shape index (κ2) is 4.70. The molecule has 0 amide bonds. The predicted molar refractivity (Wildman–Crippen MR) is 59.0 cm³/mol. The number of benzene rings is 1. The summed E-state index contributed by atoms with van der Waals surface area (Å²) in [6, 6.07) is 2.88. The molecule has 1 heterocycles. The van der Waals surface area contributed by atoms with Gasteiger partial charge in [0, 0.05) is 0 Å². The van der Waals surface area contributed by atoms with E-state index in [1.165, 1.54) is 6.07 Å². The highest BCUT2D eigenvalue weighted by Gasteiger charge is 2.18. The number of nitrogens with one attached hydrogen (secondary N) is 1. The Morgan fingerprint density at radius 2 is 2.19 bits per heavy atom. The van der Waals surface area contributed by atoms with Crippen LogP contribution in [0.3, 0.4) is 0 Å². The molecule has 1 aromatic rings. The molecule has 1 aromatic carbocycles. The van der Waals surface area contributed by atoms with Crippen molar-refractivity contribution in [3.8, 4) is 11.5 Å². The highest BCUT2D eigenvalue weighted by molar-refractivity contribution is 5.42. The fraction of sp³-hybridized carbons (Fsp3) is 0.500. The summed E-state index contributed by atoms with van der Waals surface area (Å²) in [5, 5.41) is 21.7. The van der Waals surface area contributed by atoms with Gasteiger partial charge in [-0.25, -0.2) is 4.39 Å². The van der Waals surface area contributed by atoms with Crippen molar-refractivity contribution in [2.75, 3.05) is 13.1 Å². The Kier molecular flexibility index (Phi) is 3.29. The van der Waals surface area contributed by atoms with Gasteiger partial charge in [-0.2, -0.15) is 0 Å². The van der Waals surface area contributed by atoms with Crippen LogP contribution in [0.1, 0.15) is 18.4 Å². The normalized spacial score (nSPS) is 20.9. The van der Waals surface area contributed by atoms with Gasteiger partial charge in [0.15, 0.2) is 17.3 Å². The van der Waals surface area contributed by atoms with E-state index >= 15 is 0 Å². The zero-order valence-corrected chi connectivity index (χ0v) is 9.04. The van der Waals surface area contributed by atoms with Gasteiger partial charge >= 0.3 is 0 Å². The molecule has 0 spiro atoms. The lowest BCUT2D eigenvalue weighted by molar-refractivity contribution is 0.358. The fourth-order valence-electron chi connectivity index (χ4n) is 2.16. The predicted octanol–water partition coefficient (Wildman–Crippen LogP) is 1.78. The first-order valence-electron chi connectivity index (χ1n) is 5.58. The fourth-order valence-corrected chi connectivity index (χ4v) is 2.16. The minimum absolute atomic E-state index is 0.400. The highest BCUT2D eigenvalue weighted by atomic mass is 19.1. The van der Waals surface area contributed by atoms with E-state index in [1.54, 1.807) is 6.07 Å². The summed E-state index contributed by atoms with van der Waals surface area (Å²) < 4.78 is 13.6. The Morgan fingerprint density at radius 3 is 2.88 bits per heavy atom. The molecule has 0 aromatic heterocycles. The van der Waals surface area contributed by atoms with Crippen LogP contribution < -0.4 is 5.32 Å². The molecule has 1 aliphatic heterocycles. The molecule has 0 aliphatic carbocycles. The SMILES string of the molecule is Oc1ccc(CC2CCCNC2)c(F)c1O. The first-order chi connectivity index (χ1) is 7.68. The molecule has 4 heteroatoms. The Hall–Kier alpha value is -1.29. The molecular weight excluding hydrogens is 209 g/mol. The maximum absolute atomic E-state index is 13.6. The van der Waals surface area contributed by atoms with Gasteiger partial charge in [0.25, 0.3) is 0 Å². The molecular formula is C12H16FNO2. The second-order valence-corrected chi connectivity index (χ2v) is 4.32. The number of phenolic OH excluding ortho intramolecular Hbond substituents is 2. The molecule has 1 fully saturated rings. The van der Waals surface area contributed by atoms with E-state index in [0.29, 0.717) is 17.9 Å².